The van der Waals surface area contributed by atoms with Crippen molar-refractivity contribution in [2.45, 2.75) is 109 Å². The Kier molecular flexibility index (Phi) is 9.86. The molecule has 0 bridgehead atoms. The van der Waals surface area contributed by atoms with Crippen LogP contribution in [0.15, 0.2) is 4.99 Å². The van der Waals surface area contributed by atoms with Crippen LogP contribution in [0.5, 0.6) is 0 Å². The molecule has 3 rings (SSSR count). The third-order valence-electron chi connectivity index (χ3n) is 8.28. The van der Waals surface area contributed by atoms with Crippen molar-refractivity contribution in [2.24, 2.45) is 28.5 Å². The van der Waals surface area contributed by atoms with Crippen LogP contribution in [0.1, 0.15) is 103 Å². The van der Waals surface area contributed by atoms with Crippen molar-refractivity contribution in [1.82, 2.24) is 10.2 Å². The summed E-state index contributed by atoms with van der Waals surface area (Å²) < 4.78 is 0. The molecular formula is C26H46N4O2. The molecule has 2 aliphatic carbocycles. The molecule has 3 fully saturated rings. The molecule has 0 aromatic rings. The van der Waals surface area contributed by atoms with Gasteiger partial charge < -0.3 is 20.7 Å². The second-order valence-electron chi connectivity index (χ2n) is 10.8. The Balaban J connectivity index is 1.58. The normalized spacial score (nSPS) is 24.2. The number of carbonyl (C=O) groups is 2. The van der Waals surface area contributed by atoms with Crippen LogP contribution in [0.25, 0.3) is 0 Å². The van der Waals surface area contributed by atoms with Gasteiger partial charge in [0.05, 0.1) is 5.54 Å². The molecule has 2 saturated carbocycles. The van der Waals surface area contributed by atoms with Crippen molar-refractivity contribution in [2.75, 3.05) is 19.6 Å². The number of likely N-dealkylation sites (tertiary alicyclic amines) is 1. The van der Waals surface area contributed by atoms with Gasteiger partial charge >= 0.3 is 0 Å². The first kappa shape index (κ1) is 25.0. The Hall–Kier alpha value is -1.59. The van der Waals surface area contributed by atoms with Gasteiger partial charge in [-0.3, -0.25) is 9.79 Å². The van der Waals surface area contributed by atoms with E-state index >= 15 is 0 Å². The third kappa shape index (κ3) is 7.77. The number of aliphatic imine (C=N–C) groups is 1. The fourth-order valence-corrected chi connectivity index (χ4v) is 6.15. The van der Waals surface area contributed by atoms with Crippen LogP contribution >= 0.6 is 0 Å². The van der Waals surface area contributed by atoms with Crippen LogP contribution in [0.2, 0.25) is 0 Å². The van der Waals surface area contributed by atoms with E-state index in [1.54, 1.807) is 6.92 Å². The summed E-state index contributed by atoms with van der Waals surface area (Å²) in [6.45, 7) is 3.93. The van der Waals surface area contributed by atoms with Crippen molar-refractivity contribution in [3.05, 3.63) is 0 Å². The van der Waals surface area contributed by atoms with Crippen molar-refractivity contribution in [1.29, 1.82) is 0 Å². The number of hydrogen-bond acceptors (Lipinski definition) is 3. The summed E-state index contributed by atoms with van der Waals surface area (Å²) in [6, 6.07) is 0. The predicted molar refractivity (Wildman–Crippen MR) is 130 cm³/mol. The summed E-state index contributed by atoms with van der Waals surface area (Å²) >= 11 is 0. The van der Waals surface area contributed by atoms with E-state index < -0.39 is 5.54 Å². The summed E-state index contributed by atoms with van der Waals surface area (Å²) in [5.41, 5.74) is 5.78. The molecule has 3 aliphatic rings. The molecule has 0 aromatic heterocycles. The zero-order chi connectivity index (χ0) is 22.8. The number of rotatable bonds is 9. The number of piperidine rings is 1. The lowest BCUT2D eigenvalue weighted by Gasteiger charge is -2.36. The largest absolute Gasteiger partial charge is 0.370 e. The van der Waals surface area contributed by atoms with E-state index in [-0.39, 0.29) is 5.91 Å². The van der Waals surface area contributed by atoms with Crippen LogP contribution in [0.4, 0.5) is 0 Å². The Morgan fingerprint density at radius 2 is 1.56 bits per heavy atom. The smallest absolute Gasteiger partial charge is 0.219 e. The first-order valence-corrected chi connectivity index (χ1v) is 13.3. The van der Waals surface area contributed by atoms with E-state index in [4.69, 9.17) is 5.73 Å². The number of guanidine groups is 1. The van der Waals surface area contributed by atoms with Gasteiger partial charge in [-0.15, -0.1) is 0 Å². The van der Waals surface area contributed by atoms with Crippen LogP contribution in [0.3, 0.4) is 0 Å². The highest BCUT2D eigenvalue weighted by molar-refractivity contribution is 5.83. The summed E-state index contributed by atoms with van der Waals surface area (Å²) in [4.78, 5) is 30.6. The molecular weight excluding hydrogens is 400 g/mol. The number of aldehydes is 1. The molecule has 6 nitrogen and oxygen atoms in total. The van der Waals surface area contributed by atoms with Gasteiger partial charge in [-0.05, 0) is 49.9 Å². The highest BCUT2D eigenvalue weighted by atomic mass is 16.2. The van der Waals surface area contributed by atoms with Gasteiger partial charge in [-0.1, -0.05) is 64.2 Å². The minimum atomic E-state index is -0.578. The van der Waals surface area contributed by atoms with E-state index in [2.05, 4.69) is 10.3 Å². The van der Waals surface area contributed by atoms with Gasteiger partial charge in [-0.25, -0.2) is 0 Å². The lowest BCUT2D eigenvalue weighted by Crippen LogP contribution is -2.54. The van der Waals surface area contributed by atoms with Crippen LogP contribution in [-0.2, 0) is 9.59 Å². The minimum absolute atomic E-state index is 0.157. The average molecular weight is 447 g/mol. The van der Waals surface area contributed by atoms with Crippen LogP contribution in [-0.4, -0.2) is 48.2 Å². The highest BCUT2D eigenvalue weighted by Crippen LogP contribution is 2.35. The van der Waals surface area contributed by atoms with Crippen LogP contribution < -0.4 is 11.1 Å². The van der Waals surface area contributed by atoms with Crippen molar-refractivity contribution in [3.63, 3.8) is 0 Å². The van der Waals surface area contributed by atoms with Gasteiger partial charge in [-0.2, -0.15) is 0 Å². The molecule has 0 radical (unpaired) electrons. The molecule has 6 heteroatoms. The van der Waals surface area contributed by atoms with Crippen molar-refractivity contribution in [3.8, 4) is 0 Å². The number of nitrogens with two attached hydrogens (primary N) is 1. The molecule has 1 saturated heterocycles. The maximum absolute atomic E-state index is 12.5. The van der Waals surface area contributed by atoms with E-state index in [0.717, 1.165) is 57.4 Å². The second kappa shape index (κ2) is 12.6. The number of carbonyl (C=O) groups excluding carboxylic acids is 2. The third-order valence-corrected chi connectivity index (χ3v) is 8.28. The number of hydrogen-bond donors (Lipinski definition) is 2. The van der Waals surface area contributed by atoms with Gasteiger partial charge in [0, 0.05) is 26.6 Å². The summed E-state index contributed by atoms with van der Waals surface area (Å²) in [5.74, 6) is 2.39. The molecule has 1 atom stereocenters. The molecule has 32 heavy (non-hydrogen) atoms. The van der Waals surface area contributed by atoms with Gasteiger partial charge in [0.15, 0.2) is 5.96 Å². The maximum Gasteiger partial charge on any atom is 0.219 e. The predicted octanol–water partition coefficient (Wildman–Crippen LogP) is 4.42. The number of nitrogens with one attached hydrogen (secondary N) is 1. The van der Waals surface area contributed by atoms with Gasteiger partial charge in [0.2, 0.25) is 5.91 Å². The van der Waals surface area contributed by atoms with E-state index in [0.29, 0.717) is 24.3 Å². The lowest BCUT2D eigenvalue weighted by molar-refractivity contribution is -0.130. The standard InChI is InChI=1S/C26H46N4O2/c1-21(32)30-16-13-24(14-17-30)19-28-25(27)29-26(20-31,18-23-10-6-3-7-11-23)15-12-22-8-4-2-5-9-22/h20,22-24H,2-19H2,1H3,(H3,27,28,29). The number of amides is 1. The molecule has 1 amide bonds. The molecule has 1 heterocycles. The monoisotopic (exact) mass is 446 g/mol. The Morgan fingerprint density at radius 3 is 2.12 bits per heavy atom. The van der Waals surface area contributed by atoms with Gasteiger partial charge in [0.25, 0.3) is 0 Å². The Bertz CT molecular complexity index is 617. The first-order chi connectivity index (χ1) is 15.5. The Labute approximate surface area is 195 Å². The number of nitrogens with zero attached hydrogens (tertiary/aromatic N) is 2. The zero-order valence-electron chi connectivity index (χ0n) is 20.3. The van der Waals surface area contributed by atoms with E-state index in [1.807, 2.05) is 4.90 Å². The maximum atomic E-state index is 12.5. The summed E-state index contributed by atoms with van der Waals surface area (Å²) in [6.07, 6.45) is 18.9. The highest BCUT2D eigenvalue weighted by Gasteiger charge is 2.35. The first-order valence-electron chi connectivity index (χ1n) is 13.3. The van der Waals surface area contributed by atoms with Gasteiger partial charge in [0.1, 0.15) is 6.29 Å². The van der Waals surface area contributed by atoms with E-state index in [9.17, 15) is 9.59 Å². The molecule has 1 unspecified atom stereocenters. The molecule has 0 aromatic carbocycles. The van der Waals surface area contributed by atoms with Crippen LogP contribution in [0, 0.1) is 17.8 Å². The summed E-state index contributed by atoms with van der Waals surface area (Å²) in [5, 5.41) is 3.43. The van der Waals surface area contributed by atoms with Crippen molar-refractivity contribution < 1.29 is 9.59 Å². The lowest BCUT2D eigenvalue weighted by atomic mass is 9.75. The molecule has 3 N–H and O–H groups in total. The zero-order valence-corrected chi connectivity index (χ0v) is 20.3. The van der Waals surface area contributed by atoms with E-state index in [1.165, 1.54) is 64.2 Å². The topological polar surface area (TPSA) is 87.8 Å². The Morgan fingerprint density at radius 1 is 0.969 bits per heavy atom. The molecule has 0 spiro atoms. The summed E-state index contributed by atoms with van der Waals surface area (Å²) in [7, 11) is 0. The van der Waals surface area contributed by atoms with Crippen molar-refractivity contribution >= 4 is 18.2 Å². The fourth-order valence-electron chi connectivity index (χ4n) is 6.15. The fraction of sp³-hybridized carbons (Fsp3) is 0.885. The second-order valence-corrected chi connectivity index (χ2v) is 10.8. The SMILES string of the molecule is CC(=O)N1CCC(CN=C(N)NC(C=O)(CCC2CCCCC2)CC2CCCCC2)CC1. The molecule has 1 aliphatic heterocycles. The average Bonchev–Trinajstić information content (AvgIpc) is 2.83. The minimum Gasteiger partial charge on any atom is -0.370 e. The quantitative estimate of drug-likeness (QED) is 0.312. The molecule has 182 valence electrons.